The molecule has 0 radical (unpaired) electrons. The monoisotopic (exact) mass is 155 g/mol. The van der Waals surface area contributed by atoms with Gasteiger partial charge in [0.2, 0.25) is 0 Å². The molecule has 0 saturated carbocycles. The van der Waals surface area contributed by atoms with Gasteiger partial charge in [0.15, 0.2) is 0 Å². The van der Waals surface area contributed by atoms with E-state index in [1.54, 1.807) is 0 Å². The van der Waals surface area contributed by atoms with Crippen LogP contribution in [0, 0.1) is 5.92 Å². The first kappa shape index (κ1) is 7.10. The minimum absolute atomic E-state index is 0.117. The molecule has 3 unspecified atom stereocenters. The molecule has 0 amide bonds. The second-order valence-electron chi connectivity index (χ2n) is 3.57. The molecule has 0 aliphatic carbocycles. The lowest BCUT2D eigenvalue weighted by Crippen LogP contribution is -2.43. The first-order valence-electron chi connectivity index (χ1n) is 4.26. The van der Waals surface area contributed by atoms with Crippen molar-refractivity contribution in [2.45, 2.75) is 37.8 Å². The highest BCUT2D eigenvalue weighted by Gasteiger charge is 2.38. The highest BCUT2D eigenvalue weighted by atomic mass is 16.4. The van der Waals surface area contributed by atoms with Gasteiger partial charge in [0.25, 0.3) is 0 Å². The normalized spacial score (nSPS) is 42.4. The van der Waals surface area contributed by atoms with Crippen LogP contribution in [0.1, 0.15) is 25.7 Å². The molecule has 2 aliphatic rings. The van der Waals surface area contributed by atoms with Crippen molar-refractivity contribution in [3.05, 3.63) is 0 Å². The summed E-state index contributed by atoms with van der Waals surface area (Å²) in [5.74, 6) is -0.739. The van der Waals surface area contributed by atoms with Crippen molar-refractivity contribution in [2.24, 2.45) is 5.92 Å². The average Bonchev–Trinajstić information content (AvgIpc) is 2.32. The Labute approximate surface area is 65.8 Å². The van der Waals surface area contributed by atoms with Crippen molar-refractivity contribution >= 4 is 5.97 Å². The van der Waals surface area contributed by atoms with Crippen LogP contribution < -0.4 is 5.32 Å². The summed E-state index contributed by atoms with van der Waals surface area (Å²) in [7, 11) is 0. The second kappa shape index (κ2) is 2.48. The Morgan fingerprint density at radius 3 is 2.73 bits per heavy atom. The molecule has 3 atom stereocenters. The van der Waals surface area contributed by atoms with E-state index >= 15 is 0 Å². The molecular weight excluding hydrogens is 142 g/mol. The zero-order valence-electron chi connectivity index (χ0n) is 6.42. The summed E-state index contributed by atoms with van der Waals surface area (Å²) in [5.41, 5.74) is 0. The number of hydrogen-bond acceptors (Lipinski definition) is 2. The summed E-state index contributed by atoms with van der Waals surface area (Å²) in [5, 5.41) is 12.2. The Morgan fingerprint density at radius 1 is 1.27 bits per heavy atom. The molecule has 2 bridgehead atoms. The van der Waals surface area contributed by atoms with Gasteiger partial charge in [-0.2, -0.15) is 0 Å². The topological polar surface area (TPSA) is 49.3 Å². The number of hydrogen-bond donors (Lipinski definition) is 2. The number of carboxylic acid groups (broad SMARTS) is 1. The fraction of sp³-hybridized carbons (Fsp3) is 0.875. The third-order valence-corrected chi connectivity index (χ3v) is 2.90. The standard InChI is InChI=1S/C8H13NO2/c10-8(11)6-3-1-5-2-4-7(6)9-5/h5-7,9H,1-4H2,(H,10,11). The van der Waals surface area contributed by atoms with E-state index in [2.05, 4.69) is 5.32 Å². The minimum Gasteiger partial charge on any atom is -0.481 e. The molecule has 2 fully saturated rings. The van der Waals surface area contributed by atoms with Crippen LogP contribution in [0.4, 0.5) is 0 Å². The Bertz CT molecular complexity index is 181. The van der Waals surface area contributed by atoms with Crippen LogP contribution >= 0.6 is 0 Å². The summed E-state index contributed by atoms with van der Waals surface area (Å²) < 4.78 is 0. The van der Waals surface area contributed by atoms with E-state index in [1.807, 2.05) is 0 Å². The predicted octanol–water partition coefficient (Wildman–Crippen LogP) is 0.602. The average molecular weight is 155 g/mol. The molecule has 11 heavy (non-hydrogen) atoms. The van der Waals surface area contributed by atoms with Gasteiger partial charge in [-0.05, 0) is 25.7 Å². The third kappa shape index (κ3) is 1.13. The Kier molecular flexibility index (Phi) is 1.60. The lowest BCUT2D eigenvalue weighted by atomic mass is 9.92. The van der Waals surface area contributed by atoms with E-state index in [9.17, 15) is 4.79 Å². The van der Waals surface area contributed by atoms with E-state index in [-0.39, 0.29) is 12.0 Å². The van der Waals surface area contributed by atoms with E-state index in [0.717, 1.165) is 19.3 Å². The van der Waals surface area contributed by atoms with E-state index in [4.69, 9.17) is 5.11 Å². The van der Waals surface area contributed by atoms with Crippen LogP contribution in [0.3, 0.4) is 0 Å². The molecule has 3 nitrogen and oxygen atoms in total. The maximum Gasteiger partial charge on any atom is 0.308 e. The first-order valence-corrected chi connectivity index (χ1v) is 4.26. The number of carbonyl (C=O) groups is 1. The number of carboxylic acids is 1. The first-order chi connectivity index (χ1) is 5.27. The minimum atomic E-state index is -0.622. The van der Waals surface area contributed by atoms with Crippen molar-refractivity contribution in [2.75, 3.05) is 0 Å². The summed E-state index contributed by atoms with van der Waals surface area (Å²) >= 11 is 0. The zero-order valence-corrected chi connectivity index (χ0v) is 6.42. The van der Waals surface area contributed by atoms with Crippen molar-refractivity contribution in [1.82, 2.24) is 5.32 Å². The molecule has 62 valence electrons. The highest BCUT2D eigenvalue weighted by molar-refractivity contribution is 5.71. The van der Waals surface area contributed by atoms with E-state index < -0.39 is 5.97 Å². The van der Waals surface area contributed by atoms with Crippen LogP contribution in [0.5, 0.6) is 0 Å². The van der Waals surface area contributed by atoms with Gasteiger partial charge in [-0.25, -0.2) is 0 Å². The number of nitrogens with one attached hydrogen (secondary N) is 1. The van der Waals surface area contributed by atoms with Gasteiger partial charge >= 0.3 is 5.97 Å². The predicted molar refractivity (Wildman–Crippen MR) is 40.3 cm³/mol. The van der Waals surface area contributed by atoms with Crippen molar-refractivity contribution in [1.29, 1.82) is 0 Å². The maximum atomic E-state index is 10.7. The summed E-state index contributed by atoms with van der Waals surface area (Å²) in [6.07, 6.45) is 4.15. The lowest BCUT2D eigenvalue weighted by molar-refractivity contribution is -0.143. The molecule has 0 spiro atoms. The van der Waals surface area contributed by atoms with Crippen molar-refractivity contribution < 1.29 is 9.90 Å². The zero-order chi connectivity index (χ0) is 7.84. The van der Waals surface area contributed by atoms with Gasteiger partial charge in [0.1, 0.15) is 0 Å². The van der Waals surface area contributed by atoms with Gasteiger partial charge < -0.3 is 10.4 Å². The second-order valence-corrected chi connectivity index (χ2v) is 3.57. The molecule has 2 rings (SSSR count). The van der Waals surface area contributed by atoms with Gasteiger partial charge in [-0.3, -0.25) is 4.79 Å². The summed E-state index contributed by atoms with van der Waals surface area (Å²) in [6, 6.07) is 0.891. The number of aliphatic carboxylic acids is 1. The number of fused-ring (bicyclic) bond motifs is 2. The van der Waals surface area contributed by atoms with Gasteiger partial charge in [-0.1, -0.05) is 0 Å². The maximum absolute atomic E-state index is 10.7. The highest BCUT2D eigenvalue weighted by Crippen LogP contribution is 2.31. The van der Waals surface area contributed by atoms with Crippen LogP contribution in [-0.4, -0.2) is 23.2 Å². The molecule has 3 heteroatoms. The Balaban J connectivity index is 2.07. The van der Waals surface area contributed by atoms with Crippen LogP contribution in [-0.2, 0) is 4.79 Å². The number of rotatable bonds is 1. The third-order valence-electron chi connectivity index (χ3n) is 2.90. The van der Waals surface area contributed by atoms with Gasteiger partial charge in [0, 0.05) is 12.1 Å². The SMILES string of the molecule is O=C(O)C1CCC2CCC1N2. The fourth-order valence-electron chi connectivity index (χ4n) is 2.27. The lowest BCUT2D eigenvalue weighted by Gasteiger charge is -2.26. The van der Waals surface area contributed by atoms with E-state index in [0.29, 0.717) is 6.04 Å². The largest absolute Gasteiger partial charge is 0.481 e. The fourth-order valence-corrected chi connectivity index (χ4v) is 2.27. The molecule has 0 aromatic rings. The van der Waals surface area contributed by atoms with Crippen LogP contribution in [0.25, 0.3) is 0 Å². The molecule has 0 aromatic heterocycles. The molecule has 2 saturated heterocycles. The van der Waals surface area contributed by atoms with E-state index in [1.165, 1.54) is 6.42 Å². The Hall–Kier alpha value is -0.570. The Morgan fingerprint density at radius 2 is 2.00 bits per heavy atom. The van der Waals surface area contributed by atoms with Gasteiger partial charge in [0.05, 0.1) is 5.92 Å². The van der Waals surface area contributed by atoms with Crippen molar-refractivity contribution in [3.63, 3.8) is 0 Å². The summed E-state index contributed by atoms with van der Waals surface area (Å²) in [6.45, 7) is 0. The molecule has 2 aliphatic heterocycles. The van der Waals surface area contributed by atoms with Gasteiger partial charge in [-0.15, -0.1) is 0 Å². The number of piperidine rings is 1. The summed E-state index contributed by atoms with van der Waals surface area (Å²) in [4.78, 5) is 10.7. The van der Waals surface area contributed by atoms with Crippen LogP contribution in [0.2, 0.25) is 0 Å². The molecule has 0 aromatic carbocycles. The quantitative estimate of drug-likeness (QED) is 0.583. The smallest absolute Gasteiger partial charge is 0.308 e. The van der Waals surface area contributed by atoms with Crippen LogP contribution in [0.15, 0.2) is 0 Å². The molecule has 2 N–H and O–H groups in total. The molecule has 2 heterocycles. The molecular formula is C8H13NO2. The van der Waals surface area contributed by atoms with Crippen molar-refractivity contribution in [3.8, 4) is 0 Å².